The molecule has 0 spiro atoms. The van der Waals surface area contributed by atoms with Crippen molar-refractivity contribution in [3.05, 3.63) is 42.4 Å². The largest absolute Gasteiger partial charge is 0.356 e. The van der Waals surface area contributed by atoms with Crippen LogP contribution in [0, 0.1) is 6.92 Å². The van der Waals surface area contributed by atoms with Gasteiger partial charge in [-0.15, -0.1) is 0 Å². The zero-order chi connectivity index (χ0) is 14.8. The highest BCUT2D eigenvalue weighted by atomic mass is 15.3. The molecule has 0 amide bonds. The Labute approximate surface area is 124 Å². The minimum Gasteiger partial charge on any atom is -0.356 e. The standard InChI is InChI=1S/C16H19N5/c1-4-20(5-2)15-14-10-19-21(16(14)18-11-17-15)13-8-6-12(3)7-9-13/h6-11H,4-5H2,1-3H3. The maximum atomic E-state index is 4.49. The van der Waals surface area contributed by atoms with Crippen LogP contribution in [0.3, 0.4) is 0 Å². The summed E-state index contributed by atoms with van der Waals surface area (Å²) >= 11 is 0. The van der Waals surface area contributed by atoms with Gasteiger partial charge in [-0.05, 0) is 32.9 Å². The van der Waals surface area contributed by atoms with Crippen molar-refractivity contribution in [1.29, 1.82) is 0 Å². The molecule has 0 saturated carbocycles. The van der Waals surface area contributed by atoms with E-state index < -0.39 is 0 Å². The Balaban J connectivity index is 2.15. The fourth-order valence-electron chi connectivity index (χ4n) is 2.48. The summed E-state index contributed by atoms with van der Waals surface area (Å²) in [7, 11) is 0. The molecule has 2 heterocycles. The first-order chi connectivity index (χ1) is 10.2. The SMILES string of the molecule is CCN(CC)c1ncnc2c1cnn2-c1ccc(C)cc1. The molecular formula is C16H19N5. The zero-order valence-corrected chi connectivity index (χ0v) is 12.6. The Hall–Kier alpha value is -2.43. The molecule has 3 rings (SSSR count). The molecule has 0 atom stereocenters. The second-order valence-electron chi connectivity index (χ2n) is 5.00. The van der Waals surface area contributed by atoms with E-state index in [1.165, 1.54) is 5.56 Å². The van der Waals surface area contributed by atoms with Gasteiger partial charge in [0.1, 0.15) is 12.1 Å². The third-order valence-electron chi connectivity index (χ3n) is 3.69. The normalized spacial score (nSPS) is 11.0. The van der Waals surface area contributed by atoms with E-state index in [1.807, 2.05) is 10.9 Å². The van der Waals surface area contributed by atoms with Crippen LogP contribution in [0.5, 0.6) is 0 Å². The van der Waals surface area contributed by atoms with Crippen LogP contribution >= 0.6 is 0 Å². The highest BCUT2D eigenvalue weighted by Gasteiger charge is 2.14. The average molecular weight is 281 g/mol. The number of hydrogen-bond donors (Lipinski definition) is 0. The smallest absolute Gasteiger partial charge is 0.168 e. The van der Waals surface area contributed by atoms with Gasteiger partial charge in [-0.25, -0.2) is 14.6 Å². The Morgan fingerprint density at radius 1 is 1.05 bits per heavy atom. The highest BCUT2D eigenvalue weighted by molar-refractivity contribution is 5.87. The summed E-state index contributed by atoms with van der Waals surface area (Å²) in [6.07, 6.45) is 3.46. The predicted molar refractivity (Wildman–Crippen MR) is 85.0 cm³/mol. The van der Waals surface area contributed by atoms with E-state index in [0.29, 0.717) is 0 Å². The van der Waals surface area contributed by atoms with Crippen molar-refractivity contribution in [2.24, 2.45) is 0 Å². The maximum absolute atomic E-state index is 4.49. The summed E-state index contributed by atoms with van der Waals surface area (Å²) < 4.78 is 1.86. The highest BCUT2D eigenvalue weighted by Crippen LogP contribution is 2.24. The Kier molecular flexibility index (Phi) is 3.56. The first kappa shape index (κ1) is 13.5. The Bertz CT molecular complexity index is 741. The molecule has 108 valence electrons. The molecular weight excluding hydrogens is 262 g/mol. The van der Waals surface area contributed by atoms with Crippen molar-refractivity contribution >= 4 is 16.9 Å². The van der Waals surface area contributed by atoms with Crippen LogP contribution < -0.4 is 4.90 Å². The van der Waals surface area contributed by atoms with Crippen LogP contribution in [-0.4, -0.2) is 32.8 Å². The number of fused-ring (bicyclic) bond motifs is 1. The molecule has 5 nitrogen and oxygen atoms in total. The molecule has 0 N–H and O–H groups in total. The van der Waals surface area contributed by atoms with E-state index in [-0.39, 0.29) is 0 Å². The molecule has 3 aromatic rings. The Morgan fingerprint density at radius 2 is 1.76 bits per heavy atom. The van der Waals surface area contributed by atoms with Gasteiger partial charge in [0.2, 0.25) is 0 Å². The lowest BCUT2D eigenvalue weighted by Crippen LogP contribution is -2.23. The quantitative estimate of drug-likeness (QED) is 0.737. The number of benzene rings is 1. The molecule has 0 aliphatic carbocycles. The molecule has 0 saturated heterocycles. The van der Waals surface area contributed by atoms with E-state index in [9.17, 15) is 0 Å². The first-order valence-electron chi connectivity index (χ1n) is 7.25. The van der Waals surface area contributed by atoms with Crippen LogP contribution in [0.15, 0.2) is 36.8 Å². The molecule has 0 radical (unpaired) electrons. The summed E-state index contributed by atoms with van der Waals surface area (Å²) in [5.74, 6) is 0.948. The van der Waals surface area contributed by atoms with Crippen molar-refractivity contribution in [3.63, 3.8) is 0 Å². The van der Waals surface area contributed by atoms with Crippen LogP contribution in [0.1, 0.15) is 19.4 Å². The van der Waals surface area contributed by atoms with Crippen LogP contribution in [-0.2, 0) is 0 Å². The van der Waals surface area contributed by atoms with E-state index in [2.05, 4.69) is 65.0 Å². The molecule has 0 aliphatic heterocycles. The lowest BCUT2D eigenvalue weighted by Gasteiger charge is -2.19. The monoisotopic (exact) mass is 281 g/mol. The number of anilines is 1. The van der Waals surface area contributed by atoms with Gasteiger partial charge < -0.3 is 4.90 Å². The molecule has 0 unspecified atom stereocenters. The number of aryl methyl sites for hydroxylation is 1. The van der Waals surface area contributed by atoms with Crippen molar-refractivity contribution in [2.45, 2.75) is 20.8 Å². The second-order valence-corrected chi connectivity index (χ2v) is 5.00. The van der Waals surface area contributed by atoms with Crippen molar-refractivity contribution < 1.29 is 0 Å². The van der Waals surface area contributed by atoms with Gasteiger partial charge in [-0.2, -0.15) is 5.10 Å². The average Bonchev–Trinajstić information content (AvgIpc) is 2.94. The van der Waals surface area contributed by atoms with Crippen LogP contribution in [0.2, 0.25) is 0 Å². The van der Waals surface area contributed by atoms with Crippen molar-refractivity contribution in [2.75, 3.05) is 18.0 Å². The third-order valence-corrected chi connectivity index (χ3v) is 3.69. The minimum absolute atomic E-state index is 0.843. The number of aromatic nitrogens is 4. The maximum Gasteiger partial charge on any atom is 0.168 e. The summed E-state index contributed by atoms with van der Waals surface area (Å²) in [6, 6.07) is 8.27. The number of nitrogens with zero attached hydrogens (tertiary/aromatic N) is 5. The second kappa shape index (κ2) is 5.52. The van der Waals surface area contributed by atoms with E-state index in [0.717, 1.165) is 35.6 Å². The topological polar surface area (TPSA) is 46.8 Å². The fourth-order valence-corrected chi connectivity index (χ4v) is 2.48. The summed E-state index contributed by atoms with van der Waals surface area (Å²) in [6.45, 7) is 8.16. The Morgan fingerprint density at radius 3 is 2.43 bits per heavy atom. The summed E-state index contributed by atoms with van der Waals surface area (Å²) in [4.78, 5) is 11.1. The van der Waals surface area contributed by atoms with E-state index in [1.54, 1.807) is 6.33 Å². The van der Waals surface area contributed by atoms with Crippen molar-refractivity contribution in [1.82, 2.24) is 19.7 Å². The lowest BCUT2D eigenvalue weighted by molar-refractivity contribution is 0.847. The van der Waals surface area contributed by atoms with Gasteiger partial charge in [0, 0.05) is 13.1 Å². The molecule has 0 fully saturated rings. The van der Waals surface area contributed by atoms with E-state index >= 15 is 0 Å². The fraction of sp³-hybridized carbons (Fsp3) is 0.312. The van der Waals surface area contributed by atoms with Crippen LogP contribution in [0.25, 0.3) is 16.7 Å². The lowest BCUT2D eigenvalue weighted by atomic mass is 10.2. The van der Waals surface area contributed by atoms with Gasteiger partial charge in [0.05, 0.1) is 17.3 Å². The van der Waals surface area contributed by atoms with Gasteiger partial charge in [-0.1, -0.05) is 17.7 Å². The molecule has 2 aromatic heterocycles. The van der Waals surface area contributed by atoms with Gasteiger partial charge in [-0.3, -0.25) is 0 Å². The van der Waals surface area contributed by atoms with Gasteiger partial charge in [0.15, 0.2) is 5.65 Å². The first-order valence-corrected chi connectivity index (χ1v) is 7.25. The molecule has 0 bridgehead atoms. The molecule has 0 aliphatic rings. The number of rotatable bonds is 4. The zero-order valence-electron chi connectivity index (χ0n) is 12.6. The van der Waals surface area contributed by atoms with Crippen molar-refractivity contribution in [3.8, 4) is 5.69 Å². The van der Waals surface area contributed by atoms with Gasteiger partial charge >= 0.3 is 0 Å². The predicted octanol–water partition coefficient (Wildman–Crippen LogP) is 2.97. The third kappa shape index (κ3) is 2.35. The number of hydrogen-bond acceptors (Lipinski definition) is 4. The minimum atomic E-state index is 0.843. The molecule has 1 aromatic carbocycles. The summed E-state index contributed by atoms with van der Waals surface area (Å²) in [5, 5.41) is 5.48. The van der Waals surface area contributed by atoms with E-state index in [4.69, 9.17) is 0 Å². The van der Waals surface area contributed by atoms with Gasteiger partial charge in [0.25, 0.3) is 0 Å². The molecule has 5 heteroatoms. The summed E-state index contributed by atoms with van der Waals surface area (Å²) in [5.41, 5.74) is 3.09. The van der Waals surface area contributed by atoms with Crippen LogP contribution in [0.4, 0.5) is 5.82 Å². The molecule has 21 heavy (non-hydrogen) atoms.